The number of likely N-dealkylation sites (tertiary alicyclic amines) is 1. The van der Waals surface area contributed by atoms with Crippen LogP contribution in [-0.4, -0.2) is 34.0 Å². The van der Waals surface area contributed by atoms with Crippen molar-refractivity contribution in [1.29, 1.82) is 0 Å². The number of carbonyl (C=O) groups excluding carboxylic acids is 1. The van der Waals surface area contributed by atoms with Crippen molar-refractivity contribution in [3.63, 3.8) is 0 Å². The number of hydrogen-bond acceptors (Lipinski definition) is 5. The molecule has 1 amide bonds. The van der Waals surface area contributed by atoms with E-state index >= 15 is 0 Å². The van der Waals surface area contributed by atoms with Gasteiger partial charge in [0, 0.05) is 24.9 Å². The Kier molecular flexibility index (Phi) is 3.95. The van der Waals surface area contributed by atoms with Crippen molar-refractivity contribution < 1.29 is 9.32 Å². The van der Waals surface area contributed by atoms with E-state index in [1.807, 2.05) is 21.7 Å². The first-order chi connectivity index (χ1) is 11.6. The van der Waals surface area contributed by atoms with Crippen LogP contribution in [0.4, 0.5) is 0 Å². The van der Waals surface area contributed by atoms with E-state index in [2.05, 4.69) is 19.0 Å². The molecular weight excluding hydrogens is 322 g/mol. The molecule has 0 aromatic carbocycles. The lowest BCUT2D eigenvalue weighted by Gasteiger charge is -2.24. The van der Waals surface area contributed by atoms with Gasteiger partial charge in [-0.15, -0.1) is 0 Å². The van der Waals surface area contributed by atoms with Crippen LogP contribution in [0.3, 0.4) is 0 Å². The van der Waals surface area contributed by atoms with Gasteiger partial charge in [0.25, 0.3) is 5.91 Å². The fourth-order valence-electron chi connectivity index (χ4n) is 4.27. The van der Waals surface area contributed by atoms with Gasteiger partial charge in [0.2, 0.25) is 5.89 Å². The molecule has 1 saturated carbocycles. The normalized spacial score (nSPS) is 26.3. The summed E-state index contributed by atoms with van der Waals surface area (Å²) >= 11 is 1.57. The molecule has 1 aliphatic carbocycles. The molecule has 5 nitrogen and oxygen atoms in total. The van der Waals surface area contributed by atoms with E-state index in [0.717, 1.165) is 43.1 Å². The highest BCUT2D eigenvalue weighted by atomic mass is 32.1. The second-order valence-electron chi connectivity index (χ2n) is 7.55. The summed E-state index contributed by atoms with van der Waals surface area (Å²) in [7, 11) is 0. The summed E-state index contributed by atoms with van der Waals surface area (Å²) in [6.45, 7) is 5.82. The number of fused-ring (bicyclic) bond motifs is 1. The summed E-state index contributed by atoms with van der Waals surface area (Å²) in [4.78, 5) is 19.4. The minimum Gasteiger partial charge on any atom is -0.339 e. The SMILES string of the molecule is CC(C)Cc1nc([C@@]23CCC[C@@H]2CN(C(=O)c2ccsc2)C3)no1. The first-order valence-corrected chi connectivity index (χ1v) is 9.67. The standard InChI is InChI=1S/C18H23N3O2S/c1-12(2)8-15-19-17(20-23-15)18-6-3-4-14(18)9-21(11-18)16(22)13-5-7-24-10-13/h5,7,10,12,14H,3-4,6,8-9,11H2,1-2H3/t14-,18-/m1/s1. The topological polar surface area (TPSA) is 59.2 Å². The second-order valence-corrected chi connectivity index (χ2v) is 8.33. The largest absolute Gasteiger partial charge is 0.339 e. The molecule has 6 heteroatoms. The molecular formula is C18H23N3O2S. The Morgan fingerprint density at radius 3 is 3.17 bits per heavy atom. The molecule has 4 rings (SSSR count). The quantitative estimate of drug-likeness (QED) is 0.850. The van der Waals surface area contributed by atoms with Crippen molar-refractivity contribution in [2.24, 2.45) is 11.8 Å². The average molecular weight is 345 g/mol. The molecule has 2 aliphatic rings. The smallest absolute Gasteiger partial charge is 0.254 e. The van der Waals surface area contributed by atoms with Crippen LogP contribution in [0, 0.1) is 11.8 Å². The molecule has 2 atom stereocenters. The second kappa shape index (κ2) is 5.99. The van der Waals surface area contributed by atoms with Crippen LogP contribution in [0.25, 0.3) is 0 Å². The summed E-state index contributed by atoms with van der Waals surface area (Å²) in [6.07, 6.45) is 4.18. The Labute approximate surface area is 146 Å². The van der Waals surface area contributed by atoms with Crippen LogP contribution in [0.5, 0.6) is 0 Å². The lowest BCUT2D eigenvalue weighted by atomic mass is 9.80. The van der Waals surface area contributed by atoms with E-state index in [4.69, 9.17) is 9.51 Å². The zero-order valence-corrected chi connectivity index (χ0v) is 15.0. The van der Waals surface area contributed by atoms with Crippen LogP contribution in [0.2, 0.25) is 0 Å². The molecule has 2 aromatic rings. The van der Waals surface area contributed by atoms with Crippen LogP contribution in [0.15, 0.2) is 21.3 Å². The highest BCUT2D eigenvalue weighted by Crippen LogP contribution is 2.49. The van der Waals surface area contributed by atoms with Crippen LogP contribution >= 0.6 is 11.3 Å². The minimum atomic E-state index is -0.107. The van der Waals surface area contributed by atoms with Crippen molar-refractivity contribution in [2.45, 2.75) is 44.9 Å². The third-order valence-electron chi connectivity index (χ3n) is 5.42. The number of carbonyl (C=O) groups is 1. The molecule has 0 spiro atoms. The summed E-state index contributed by atoms with van der Waals surface area (Å²) in [5.74, 6) is 2.62. The summed E-state index contributed by atoms with van der Waals surface area (Å²) in [6, 6.07) is 1.91. The monoisotopic (exact) mass is 345 g/mol. The molecule has 1 saturated heterocycles. The van der Waals surface area contributed by atoms with Crippen molar-refractivity contribution >= 4 is 17.2 Å². The molecule has 128 valence electrons. The zero-order chi connectivity index (χ0) is 16.7. The van der Waals surface area contributed by atoms with E-state index in [9.17, 15) is 4.79 Å². The molecule has 2 fully saturated rings. The van der Waals surface area contributed by atoms with Gasteiger partial charge in [-0.25, -0.2) is 0 Å². The van der Waals surface area contributed by atoms with Gasteiger partial charge in [-0.1, -0.05) is 25.4 Å². The van der Waals surface area contributed by atoms with E-state index in [-0.39, 0.29) is 11.3 Å². The summed E-state index contributed by atoms with van der Waals surface area (Å²) in [5.41, 5.74) is 0.688. The van der Waals surface area contributed by atoms with Gasteiger partial charge in [-0.2, -0.15) is 16.3 Å². The fraction of sp³-hybridized carbons (Fsp3) is 0.611. The molecule has 0 radical (unpaired) electrons. The number of thiophene rings is 1. The summed E-state index contributed by atoms with van der Waals surface area (Å²) in [5, 5.41) is 8.20. The minimum absolute atomic E-state index is 0.107. The Bertz CT molecular complexity index is 724. The predicted molar refractivity (Wildman–Crippen MR) is 92.1 cm³/mol. The van der Waals surface area contributed by atoms with Crippen molar-refractivity contribution in [3.8, 4) is 0 Å². The van der Waals surface area contributed by atoms with E-state index in [1.54, 1.807) is 11.3 Å². The van der Waals surface area contributed by atoms with Crippen LogP contribution < -0.4 is 0 Å². The number of amides is 1. The van der Waals surface area contributed by atoms with Crippen LogP contribution in [-0.2, 0) is 11.8 Å². The highest BCUT2D eigenvalue weighted by Gasteiger charge is 2.54. The van der Waals surface area contributed by atoms with Gasteiger partial charge in [-0.3, -0.25) is 4.79 Å². The highest BCUT2D eigenvalue weighted by molar-refractivity contribution is 7.08. The van der Waals surface area contributed by atoms with E-state index in [1.165, 1.54) is 6.42 Å². The Morgan fingerprint density at radius 2 is 2.42 bits per heavy atom. The van der Waals surface area contributed by atoms with Crippen LogP contribution in [0.1, 0.15) is 55.2 Å². The predicted octanol–water partition coefficient (Wildman–Crippen LogP) is 3.52. The Balaban J connectivity index is 1.59. The van der Waals surface area contributed by atoms with Gasteiger partial charge >= 0.3 is 0 Å². The third kappa shape index (κ3) is 2.57. The number of nitrogens with zero attached hydrogens (tertiary/aromatic N) is 3. The number of hydrogen-bond donors (Lipinski definition) is 0. The van der Waals surface area contributed by atoms with Gasteiger partial charge in [0.15, 0.2) is 5.82 Å². The fourth-order valence-corrected chi connectivity index (χ4v) is 4.90. The molecule has 3 heterocycles. The lowest BCUT2D eigenvalue weighted by Crippen LogP contribution is -2.35. The van der Waals surface area contributed by atoms with Crippen molar-refractivity contribution in [3.05, 3.63) is 34.1 Å². The molecule has 0 bridgehead atoms. The van der Waals surface area contributed by atoms with Gasteiger partial charge < -0.3 is 9.42 Å². The maximum Gasteiger partial charge on any atom is 0.254 e. The van der Waals surface area contributed by atoms with E-state index in [0.29, 0.717) is 18.4 Å². The maximum atomic E-state index is 12.7. The molecule has 2 aromatic heterocycles. The zero-order valence-electron chi connectivity index (χ0n) is 14.2. The number of rotatable bonds is 4. The molecule has 0 unspecified atom stereocenters. The summed E-state index contributed by atoms with van der Waals surface area (Å²) < 4.78 is 5.50. The first-order valence-electron chi connectivity index (χ1n) is 8.73. The Hall–Kier alpha value is -1.69. The van der Waals surface area contributed by atoms with Gasteiger partial charge in [-0.05, 0) is 36.1 Å². The van der Waals surface area contributed by atoms with E-state index < -0.39 is 0 Å². The average Bonchev–Trinajstić information content (AvgIpc) is 3.29. The van der Waals surface area contributed by atoms with Crippen molar-refractivity contribution in [1.82, 2.24) is 15.0 Å². The molecule has 1 aliphatic heterocycles. The van der Waals surface area contributed by atoms with Gasteiger partial charge in [0.1, 0.15) is 0 Å². The molecule has 0 N–H and O–H groups in total. The van der Waals surface area contributed by atoms with Crippen molar-refractivity contribution in [2.75, 3.05) is 13.1 Å². The van der Waals surface area contributed by atoms with Gasteiger partial charge in [0.05, 0.1) is 11.0 Å². The number of aromatic nitrogens is 2. The Morgan fingerprint density at radius 1 is 1.54 bits per heavy atom. The lowest BCUT2D eigenvalue weighted by molar-refractivity contribution is 0.0777. The maximum absolute atomic E-state index is 12.7. The first kappa shape index (κ1) is 15.8. The third-order valence-corrected chi connectivity index (χ3v) is 6.11. The molecule has 24 heavy (non-hydrogen) atoms.